The van der Waals surface area contributed by atoms with Crippen molar-refractivity contribution in [2.75, 3.05) is 6.54 Å². The van der Waals surface area contributed by atoms with Gasteiger partial charge in [0.2, 0.25) is 0 Å². The van der Waals surface area contributed by atoms with E-state index >= 15 is 0 Å². The van der Waals surface area contributed by atoms with Gasteiger partial charge >= 0.3 is 0 Å². The summed E-state index contributed by atoms with van der Waals surface area (Å²) in [6.45, 7) is 10.1. The molecule has 2 aromatic rings. The molecule has 0 atom stereocenters. The first-order chi connectivity index (χ1) is 9.43. The van der Waals surface area contributed by atoms with Gasteiger partial charge < -0.3 is 5.32 Å². The van der Waals surface area contributed by atoms with Crippen molar-refractivity contribution >= 4 is 11.3 Å². The van der Waals surface area contributed by atoms with Gasteiger partial charge in [0, 0.05) is 23.0 Å². The van der Waals surface area contributed by atoms with Gasteiger partial charge in [-0.15, -0.1) is 11.3 Å². The van der Waals surface area contributed by atoms with E-state index in [1.165, 1.54) is 17.4 Å². The summed E-state index contributed by atoms with van der Waals surface area (Å²) in [7, 11) is 0. The number of pyridine rings is 1. The molecule has 3 nitrogen and oxygen atoms in total. The second-order valence-corrected chi connectivity index (χ2v) is 6.74. The molecule has 0 aliphatic rings. The summed E-state index contributed by atoms with van der Waals surface area (Å²) >= 11 is 1.52. The Morgan fingerprint density at radius 2 is 2.10 bits per heavy atom. The fraction of sp³-hybridized carbons (Fsp3) is 0.467. The summed E-state index contributed by atoms with van der Waals surface area (Å²) in [6, 6.07) is 3.02. The molecule has 0 amide bonds. The molecule has 0 aliphatic carbocycles. The zero-order valence-electron chi connectivity index (χ0n) is 12.3. The van der Waals surface area contributed by atoms with Crippen molar-refractivity contribution in [2.24, 2.45) is 0 Å². The highest BCUT2D eigenvalue weighted by molar-refractivity contribution is 7.15. The number of nitrogens with one attached hydrogen (secondary N) is 1. The lowest BCUT2D eigenvalue weighted by molar-refractivity contribution is 0.561. The molecule has 0 radical (unpaired) electrons. The Kier molecular flexibility index (Phi) is 4.50. The van der Waals surface area contributed by atoms with E-state index in [9.17, 15) is 4.39 Å². The van der Waals surface area contributed by atoms with Crippen molar-refractivity contribution in [3.05, 3.63) is 34.7 Å². The summed E-state index contributed by atoms with van der Waals surface area (Å²) < 4.78 is 13.9. The van der Waals surface area contributed by atoms with Crippen molar-refractivity contribution in [1.82, 2.24) is 15.3 Å². The fourth-order valence-electron chi connectivity index (χ4n) is 1.94. The van der Waals surface area contributed by atoms with Crippen LogP contribution in [0.2, 0.25) is 0 Å². The molecule has 0 unspecified atom stereocenters. The molecule has 2 aromatic heterocycles. The molecule has 0 saturated carbocycles. The summed E-state index contributed by atoms with van der Waals surface area (Å²) in [5.41, 5.74) is 1.29. The van der Waals surface area contributed by atoms with Gasteiger partial charge in [-0.1, -0.05) is 27.7 Å². The molecule has 1 N–H and O–H groups in total. The van der Waals surface area contributed by atoms with Gasteiger partial charge in [0.15, 0.2) is 5.82 Å². The number of hydrogen-bond acceptors (Lipinski definition) is 4. The van der Waals surface area contributed by atoms with Gasteiger partial charge in [-0.05, 0) is 18.7 Å². The van der Waals surface area contributed by atoms with Gasteiger partial charge in [0.25, 0.3) is 0 Å². The maximum absolute atomic E-state index is 13.9. The van der Waals surface area contributed by atoms with Crippen LogP contribution in [0.3, 0.4) is 0 Å². The van der Waals surface area contributed by atoms with Crippen LogP contribution < -0.4 is 5.32 Å². The van der Waals surface area contributed by atoms with Crippen LogP contribution in [0.4, 0.5) is 4.39 Å². The third kappa shape index (κ3) is 3.22. The lowest BCUT2D eigenvalue weighted by Crippen LogP contribution is -2.18. The zero-order chi connectivity index (χ0) is 14.8. The van der Waals surface area contributed by atoms with Crippen molar-refractivity contribution in [1.29, 1.82) is 0 Å². The van der Waals surface area contributed by atoms with Crippen molar-refractivity contribution in [3.8, 4) is 10.7 Å². The van der Waals surface area contributed by atoms with E-state index in [-0.39, 0.29) is 11.2 Å². The van der Waals surface area contributed by atoms with E-state index in [0.717, 1.165) is 23.7 Å². The maximum atomic E-state index is 13.9. The quantitative estimate of drug-likeness (QED) is 0.933. The van der Waals surface area contributed by atoms with Crippen LogP contribution in [0.5, 0.6) is 0 Å². The van der Waals surface area contributed by atoms with E-state index in [4.69, 9.17) is 0 Å². The molecule has 0 aromatic carbocycles. The minimum atomic E-state index is -0.322. The molecule has 0 aliphatic heterocycles. The highest BCUT2D eigenvalue weighted by atomic mass is 32.1. The number of rotatable bonds is 4. The molecule has 0 spiro atoms. The zero-order valence-corrected chi connectivity index (χ0v) is 13.1. The molecule has 2 heterocycles. The molecule has 0 saturated heterocycles. The lowest BCUT2D eigenvalue weighted by Gasteiger charge is -2.17. The lowest BCUT2D eigenvalue weighted by atomic mass is 9.91. The summed E-state index contributed by atoms with van der Waals surface area (Å²) in [5.74, 6) is -0.322. The first-order valence-corrected chi connectivity index (χ1v) is 7.57. The van der Waals surface area contributed by atoms with Crippen LogP contribution in [0.15, 0.2) is 18.3 Å². The first kappa shape index (κ1) is 15.1. The minimum Gasteiger partial charge on any atom is -0.312 e. The molecule has 5 heteroatoms. The molecular formula is C15H20FN3S. The van der Waals surface area contributed by atoms with Crippen molar-refractivity contribution in [3.63, 3.8) is 0 Å². The second kappa shape index (κ2) is 5.97. The van der Waals surface area contributed by atoms with E-state index in [1.807, 2.05) is 0 Å². The van der Waals surface area contributed by atoms with Crippen molar-refractivity contribution < 1.29 is 4.39 Å². The van der Waals surface area contributed by atoms with Crippen molar-refractivity contribution in [2.45, 2.75) is 39.7 Å². The van der Waals surface area contributed by atoms with Gasteiger partial charge in [-0.3, -0.25) is 4.98 Å². The van der Waals surface area contributed by atoms with Crippen LogP contribution in [-0.4, -0.2) is 16.5 Å². The van der Waals surface area contributed by atoms with Crippen LogP contribution in [0, 0.1) is 5.82 Å². The Balaban J connectivity index is 2.46. The van der Waals surface area contributed by atoms with Crippen LogP contribution in [-0.2, 0) is 12.0 Å². The molecule has 0 bridgehead atoms. The topological polar surface area (TPSA) is 37.8 Å². The van der Waals surface area contributed by atoms with E-state index in [1.54, 1.807) is 12.3 Å². The highest BCUT2D eigenvalue weighted by Gasteiger charge is 2.24. The summed E-state index contributed by atoms with van der Waals surface area (Å²) in [6.07, 6.45) is 1.60. The smallest absolute Gasteiger partial charge is 0.151 e. The van der Waals surface area contributed by atoms with Gasteiger partial charge in [-0.2, -0.15) is 0 Å². The predicted octanol–water partition coefficient (Wildman–Crippen LogP) is 3.75. The SMILES string of the molecule is CCNCc1sc(-c2ncccc2F)nc1C(C)(C)C. The van der Waals surface area contributed by atoms with Gasteiger partial charge in [0.1, 0.15) is 10.7 Å². The second-order valence-electron chi connectivity index (χ2n) is 5.65. The average molecular weight is 293 g/mol. The Morgan fingerprint density at radius 1 is 1.35 bits per heavy atom. The summed E-state index contributed by atoms with van der Waals surface area (Å²) in [4.78, 5) is 9.91. The fourth-order valence-corrected chi connectivity index (χ4v) is 3.18. The molecule has 108 valence electrons. The molecule has 20 heavy (non-hydrogen) atoms. The molecule has 0 fully saturated rings. The monoisotopic (exact) mass is 293 g/mol. The van der Waals surface area contributed by atoms with E-state index < -0.39 is 0 Å². The van der Waals surface area contributed by atoms with E-state index in [0.29, 0.717) is 10.7 Å². The Morgan fingerprint density at radius 3 is 2.70 bits per heavy atom. The van der Waals surface area contributed by atoms with Crippen LogP contribution in [0.25, 0.3) is 10.7 Å². The number of halogens is 1. The van der Waals surface area contributed by atoms with Crippen LogP contribution in [0.1, 0.15) is 38.3 Å². The predicted molar refractivity (Wildman–Crippen MR) is 81.4 cm³/mol. The third-order valence-electron chi connectivity index (χ3n) is 2.90. The minimum absolute atomic E-state index is 0.0647. The Labute approximate surface area is 123 Å². The Bertz CT molecular complexity index is 587. The number of hydrogen-bond donors (Lipinski definition) is 1. The van der Waals surface area contributed by atoms with Gasteiger partial charge in [0.05, 0.1) is 5.69 Å². The Hall–Kier alpha value is -1.33. The first-order valence-electron chi connectivity index (χ1n) is 6.75. The number of thiazole rings is 1. The molecular weight excluding hydrogens is 273 g/mol. The maximum Gasteiger partial charge on any atom is 0.151 e. The standard InChI is InChI=1S/C15H20FN3S/c1-5-17-9-11-13(15(2,3)4)19-14(20-11)12-10(16)7-6-8-18-12/h6-8,17H,5,9H2,1-4H3. The number of aromatic nitrogens is 2. The average Bonchev–Trinajstić information content (AvgIpc) is 2.80. The highest BCUT2D eigenvalue weighted by Crippen LogP contribution is 2.34. The van der Waals surface area contributed by atoms with E-state index in [2.05, 4.69) is 43.0 Å². The largest absolute Gasteiger partial charge is 0.312 e. The number of nitrogens with zero attached hydrogens (tertiary/aromatic N) is 2. The summed E-state index contributed by atoms with van der Waals surface area (Å²) in [5, 5.41) is 3.97. The normalized spacial score (nSPS) is 11.8. The van der Waals surface area contributed by atoms with Crippen LogP contribution >= 0.6 is 11.3 Å². The van der Waals surface area contributed by atoms with Gasteiger partial charge in [-0.25, -0.2) is 9.37 Å². The molecule has 2 rings (SSSR count). The third-order valence-corrected chi connectivity index (χ3v) is 3.97.